The maximum absolute atomic E-state index is 11.6. The topological polar surface area (TPSA) is 98.8 Å². The lowest BCUT2D eigenvalue weighted by Gasteiger charge is -2.11. The smallest absolute Gasteiger partial charge is 0.325 e. The molecule has 0 bridgehead atoms. The maximum atomic E-state index is 11.6. The molecule has 0 fully saturated rings. The average molecular weight is 281 g/mol. The van der Waals surface area contributed by atoms with E-state index in [4.69, 9.17) is 0 Å². The van der Waals surface area contributed by atoms with Crippen molar-refractivity contribution in [3.63, 3.8) is 0 Å². The van der Waals surface area contributed by atoms with Gasteiger partial charge in [0.15, 0.2) is 5.25 Å². The Balaban J connectivity index is 4.06. The molecule has 1 unspecified atom stereocenters. The first-order valence-electron chi connectivity index (χ1n) is 5.57. The van der Waals surface area contributed by atoms with Crippen molar-refractivity contribution in [3.05, 3.63) is 0 Å². The van der Waals surface area contributed by atoms with Crippen LogP contribution in [0.15, 0.2) is 0 Å². The lowest BCUT2D eigenvalue weighted by molar-refractivity contribution is -0.143. The molecule has 0 saturated heterocycles. The van der Waals surface area contributed by atoms with Crippen LogP contribution in [-0.2, 0) is 29.1 Å². The summed E-state index contributed by atoms with van der Waals surface area (Å²) in [6.45, 7) is 3.30. The molecule has 0 aromatic heterocycles. The van der Waals surface area contributed by atoms with E-state index in [1.165, 1.54) is 6.92 Å². The van der Waals surface area contributed by atoms with Crippen molar-refractivity contribution in [2.24, 2.45) is 0 Å². The number of sulfonamides is 1. The SMILES string of the molecule is CCOC(=O)CCCNS(=O)(=O)C(C)C(=O)OC. The molecule has 0 heterocycles. The van der Waals surface area contributed by atoms with Crippen molar-refractivity contribution >= 4 is 22.0 Å². The van der Waals surface area contributed by atoms with Gasteiger partial charge in [-0.15, -0.1) is 0 Å². The Labute approximate surface area is 107 Å². The molecule has 0 radical (unpaired) electrons. The van der Waals surface area contributed by atoms with E-state index in [1.54, 1.807) is 6.92 Å². The van der Waals surface area contributed by atoms with Gasteiger partial charge in [0.2, 0.25) is 10.0 Å². The molecule has 0 aliphatic rings. The highest BCUT2D eigenvalue weighted by Gasteiger charge is 2.28. The summed E-state index contributed by atoms with van der Waals surface area (Å²) in [4.78, 5) is 22.1. The van der Waals surface area contributed by atoms with Gasteiger partial charge in [0, 0.05) is 13.0 Å². The van der Waals surface area contributed by atoms with Crippen molar-refractivity contribution in [2.75, 3.05) is 20.3 Å². The van der Waals surface area contributed by atoms with Gasteiger partial charge in [-0.2, -0.15) is 0 Å². The van der Waals surface area contributed by atoms with Gasteiger partial charge in [0.25, 0.3) is 0 Å². The highest BCUT2D eigenvalue weighted by Crippen LogP contribution is 2.01. The maximum Gasteiger partial charge on any atom is 0.325 e. The molecule has 0 aromatic rings. The van der Waals surface area contributed by atoms with E-state index >= 15 is 0 Å². The molecule has 1 N–H and O–H groups in total. The molecule has 18 heavy (non-hydrogen) atoms. The van der Waals surface area contributed by atoms with Gasteiger partial charge in [-0.3, -0.25) is 9.59 Å². The van der Waals surface area contributed by atoms with Crippen molar-refractivity contribution in [3.8, 4) is 0 Å². The molecule has 0 aromatic carbocycles. The Morgan fingerprint density at radius 1 is 1.33 bits per heavy atom. The fourth-order valence-corrected chi connectivity index (χ4v) is 2.13. The monoisotopic (exact) mass is 281 g/mol. The van der Waals surface area contributed by atoms with Gasteiger partial charge < -0.3 is 9.47 Å². The van der Waals surface area contributed by atoms with Gasteiger partial charge in [-0.05, 0) is 20.3 Å². The predicted octanol–water partition coefficient (Wildman–Crippen LogP) is -0.189. The standard InChI is InChI=1S/C10H19NO6S/c1-4-17-9(12)6-5-7-11-18(14,15)8(2)10(13)16-3/h8,11H,4-7H2,1-3H3. The van der Waals surface area contributed by atoms with Crippen LogP contribution in [0.2, 0.25) is 0 Å². The number of rotatable bonds is 8. The van der Waals surface area contributed by atoms with Gasteiger partial charge in [-0.1, -0.05) is 0 Å². The number of hydrogen-bond donors (Lipinski definition) is 1. The first-order valence-corrected chi connectivity index (χ1v) is 7.11. The zero-order valence-corrected chi connectivity index (χ0v) is 11.6. The summed E-state index contributed by atoms with van der Waals surface area (Å²) in [5.74, 6) is -1.20. The molecular weight excluding hydrogens is 262 g/mol. The summed E-state index contributed by atoms with van der Waals surface area (Å²) in [5.41, 5.74) is 0. The van der Waals surface area contributed by atoms with Crippen LogP contribution in [0.3, 0.4) is 0 Å². The average Bonchev–Trinajstić information content (AvgIpc) is 2.33. The predicted molar refractivity (Wildman–Crippen MR) is 64.3 cm³/mol. The van der Waals surface area contributed by atoms with Gasteiger partial charge in [-0.25, -0.2) is 13.1 Å². The van der Waals surface area contributed by atoms with Crippen LogP contribution in [0.1, 0.15) is 26.7 Å². The molecule has 0 saturated carbocycles. The van der Waals surface area contributed by atoms with Crippen LogP contribution < -0.4 is 4.72 Å². The number of ether oxygens (including phenoxy) is 2. The van der Waals surface area contributed by atoms with Crippen LogP contribution >= 0.6 is 0 Å². The molecule has 0 aliphatic carbocycles. The van der Waals surface area contributed by atoms with Crippen LogP contribution in [0.4, 0.5) is 0 Å². The molecule has 0 amide bonds. The number of nitrogens with one attached hydrogen (secondary N) is 1. The summed E-state index contributed by atoms with van der Waals surface area (Å²) in [5, 5.41) is -1.27. The van der Waals surface area contributed by atoms with E-state index < -0.39 is 21.2 Å². The van der Waals surface area contributed by atoms with Crippen LogP contribution in [0.25, 0.3) is 0 Å². The molecule has 8 heteroatoms. The Kier molecular flexibility index (Phi) is 7.53. The number of carbonyl (C=O) groups is 2. The number of methoxy groups -OCH3 is 1. The third kappa shape index (κ3) is 5.97. The van der Waals surface area contributed by atoms with Gasteiger partial charge in [0.1, 0.15) is 0 Å². The summed E-state index contributed by atoms with van der Waals surface area (Å²) in [6, 6.07) is 0. The number of esters is 2. The van der Waals surface area contributed by atoms with Crippen molar-refractivity contribution in [1.82, 2.24) is 4.72 Å². The summed E-state index contributed by atoms with van der Waals surface area (Å²) >= 11 is 0. The zero-order chi connectivity index (χ0) is 14.2. The minimum Gasteiger partial charge on any atom is -0.468 e. The Hall–Kier alpha value is -1.15. The second-order valence-electron chi connectivity index (χ2n) is 3.51. The molecule has 0 rings (SSSR count). The first kappa shape index (κ1) is 16.9. The Morgan fingerprint density at radius 3 is 2.44 bits per heavy atom. The Bertz CT molecular complexity index is 378. The highest BCUT2D eigenvalue weighted by molar-refractivity contribution is 7.90. The Morgan fingerprint density at radius 2 is 1.94 bits per heavy atom. The first-order chi connectivity index (χ1) is 8.35. The zero-order valence-electron chi connectivity index (χ0n) is 10.8. The molecule has 7 nitrogen and oxygen atoms in total. The summed E-state index contributed by atoms with van der Waals surface area (Å²) in [7, 11) is -2.64. The second-order valence-corrected chi connectivity index (χ2v) is 5.60. The lowest BCUT2D eigenvalue weighted by Crippen LogP contribution is -2.38. The van der Waals surface area contributed by atoms with E-state index in [-0.39, 0.29) is 18.9 Å². The summed E-state index contributed by atoms with van der Waals surface area (Å²) in [6.07, 6.45) is 0.439. The fraction of sp³-hybridized carbons (Fsp3) is 0.800. The minimum atomic E-state index is -3.76. The highest BCUT2D eigenvalue weighted by atomic mass is 32.2. The normalized spacial score (nSPS) is 12.8. The van der Waals surface area contributed by atoms with Crippen LogP contribution in [0.5, 0.6) is 0 Å². The third-order valence-electron chi connectivity index (χ3n) is 2.16. The minimum absolute atomic E-state index is 0.0719. The lowest BCUT2D eigenvalue weighted by atomic mass is 10.3. The summed E-state index contributed by atoms with van der Waals surface area (Å²) < 4.78 is 34.4. The van der Waals surface area contributed by atoms with Crippen LogP contribution in [0, 0.1) is 0 Å². The van der Waals surface area contributed by atoms with Gasteiger partial charge in [0.05, 0.1) is 13.7 Å². The van der Waals surface area contributed by atoms with Gasteiger partial charge >= 0.3 is 11.9 Å². The molecule has 1 atom stereocenters. The van der Waals surface area contributed by atoms with E-state index in [1.807, 2.05) is 0 Å². The van der Waals surface area contributed by atoms with E-state index in [2.05, 4.69) is 14.2 Å². The molecular formula is C10H19NO6S. The fourth-order valence-electron chi connectivity index (χ4n) is 1.10. The molecule has 106 valence electrons. The van der Waals surface area contributed by atoms with E-state index in [9.17, 15) is 18.0 Å². The van der Waals surface area contributed by atoms with E-state index in [0.717, 1.165) is 7.11 Å². The quantitative estimate of drug-likeness (QED) is 0.489. The van der Waals surface area contributed by atoms with Crippen molar-refractivity contribution in [1.29, 1.82) is 0 Å². The number of carbonyl (C=O) groups excluding carboxylic acids is 2. The van der Waals surface area contributed by atoms with Crippen molar-refractivity contribution < 1.29 is 27.5 Å². The van der Waals surface area contributed by atoms with E-state index in [0.29, 0.717) is 13.0 Å². The molecule has 0 aliphatic heterocycles. The third-order valence-corrected chi connectivity index (χ3v) is 3.89. The molecule has 0 spiro atoms. The van der Waals surface area contributed by atoms with Crippen LogP contribution in [-0.4, -0.2) is 45.9 Å². The van der Waals surface area contributed by atoms with Crippen molar-refractivity contribution in [2.45, 2.75) is 31.9 Å². The number of hydrogen-bond acceptors (Lipinski definition) is 6. The largest absolute Gasteiger partial charge is 0.468 e. The second kappa shape index (κ2) is 8.04.